The van der Waals surface area contributed by atoms with Crippen LogP contribution in [0.4, 0.5) is 0 Å². The van der Waals surface area contributed by atoms with Gasteiger partial charge in [0.2, 0.25) is 0 Å². The van der Waals surface area contributed by atoms with Crippen LogP contribution >= 0.6 is 15.9 Å². The van der Waals surface area contributed by atoms with Crippen LogP contribution in [0, 0.1) is 0 Å². The van der Waals surface area contributed by atoms with Gasteiger partial charge in [-0.2, -0.15) is 0 Å². The molecule has 1 aromatic rings. The van der Waals surface area contributed by atoms with E-state index >= 15 is 0 Å². The molecule has 0 aromatic carbocycles. The van der Waals surface area contributed by atoms with Gasteiger partial charge in [0.05, 0.1) is 6.20 Å². The first-order chi connectivity index (χ1) is 4.20. The Morgan fingerprint density at radius 2 is 2.40 bits per heavy atom. The first-order valence-electron chi connectivity index (χ1n) is 2.03. The SMILES string of the molecule is O=C([O-])c1cnc(Br)o1.[Na+]. The van der Waals surface area contributed by atoms with E-state index < -0.39 is 5.97 Å². The molecule has 0 amide bonds. The molecule has 1 rings (SSSR count). The minimum absolute atomic E-state index is 0. The molecular weight excluding hydrogens is 213 g/mol. The van der Waals surface area contributed by atoms with Crippen molar-refractivity contribution in [2.45, 2.75) is 0 Å². The number of carbonyl (C=O) groups is 1. The number of oxazole rings is 1. The molecule has 0 saturated heterocycles. The summed E-state index contributed by atoms with van der Waals surface area (Å²) in [6.45, 7) is 0. The summed E-state index contributed by atoms with van der Waals surface area (Å²) in [5.74, 6) is -1.64. The molecule has 4 nitrogen and oxygen atoms in total. The van der Waals surface area contributed by atoms with E-state index in [1.807, 2.05) is 0 Å². The Kier molecular flexibility index (Phi) is 4.19. The molecule has 0 unspecified atom stereocenters. The largest absolute Gasteiger partial charge is 1.00 e. The van der Waals surface area contributed by atoms with Crippen molar-refractivity contribution in [3.63, 3.8) is 0 Å². The molecule has 48 valence electrons. The number of hydrogen-bond donors (Lipinski definition) is 0. The van der Waals surface area contributed by atoms with Gasteiger partial charge < -0.3 is 14.3 Å². The van der Waals surface area contributed by atoms with Crippen molar-refractivity contribution >= 4 is 21.9 Å². The third-order valence-electron chi connectivity index (χ3n) is 0.679. The van der Waals surface area contributed by atoms with Crippen molar-refractivity contribution in [2.24, 2.45) is 0 Å². The molecule has 6 heteroatoms. The average Bonchev–Trinajstić information content (AvgIpc) is 2.14. The van der Waals surface area contributed by atoms with E-state index in [4.69, 9.17) is 0 Å². The number of nitrogens with zero attached hydrogens (tertiary/aromatic N) is 1. The number of halogens is 1. The van der Waals surface area contributed by atoms with E-state index in [9.17, 15) is 9.90 Å². The van der Waals surface area contributed by atoms with Crippen molar-refractivity contribution in [3.05, 3.63) is 16.8 Å². The Balaban J connectivity index is 0.000000810. The molecule has 0 aliphatic rings. The number of rotatable bonds is 1. The van der Waals surface area contributed by atoms with Crippen LogP contribution in [-0.2, 0) is 0 Å². The molecule has 1 aromatic heterocycles. The maximum absolute atomic E-state index is 9.95. The number of hydrogen-bond acceptors (Lipinski definition) is 4. The van der Waals surface area contributed by atoms with Gasteiger partial charge >= 0.3 is 29.6 Å². The molecule has 0 aliphatic carbocycles. The summed E-state index contributed by atoms with van der Waals surface area (Å²) in [5.41, 5.74) is 0. The normalized spacial score (nSPS) is 8.50. The Bertz CT molecular complexity index is 236. The Morgan fingerprint density at radius 1 is 1.80 bits per heavy atom. The van der Waals surface area contributed by atoms with Crippen LogP contribution in [0.2, 0.25) is 0 Å². The third-order valence-corrected chi connectivity index (χ3v) is 1.05. The van der Waals surface area contributed by atoms with Gasteiger partial charge in [0, 0.05) is 15.9 Å². The maximum Gasteiger partial charge on any atom is 1.00 e. The molecule has 0 fully saturated rings. The fourth-order valence-corrected chi connectivity index (χ4v) is 0.624. The average molecular weight is 214 g/mol. The predicted molar refractivity (Wildman–Crippen MR) is 28.5 cm³/mol. The van der Waals surface area contributed by atoms with Gasteiger partial charge in [0.25, 0.3) is 4.80 Å². The summed E-state index contributed by atoms with van der Waals surface area (Å²) in [7, 11) is 0. The van der Waals surface area contributed by atoms with Gasteiger partial charge in [0.1, 0.15) is 5.97 Å². The maximum atomic E-state index is 9.95. The summed E-state index contributed by atoms with van der Waals surface area (Å²) >= 11 is 2.83. The van der Waals surface area contributed by atoms with E-state index in [-0.39, 0.29) is 40.1 Å². The van der Waals surface area contributed by atoms with Crippen LogP contribution in [0.15, 0.2) is 15.4 Å². The Hall–Kier alpha value is 0.160. The molecule has 10 heavy (non-hydrogen) atoms. The van der Waals surface area contributed by atoms with Gasteiger partial charge in [-0.3, -0.25) is 0 Å². The molecule has 0 saturated carbocycles. The fourth-order valence-electron chi connectivity index (χ4n) is 0.347. The van der Waals surface area contributed by atoms with Gasteiger partial charge in [-0.25, -0.2) is 4.98 Å². The summed E-state index contributed by atoms with van der Waals surface area (Å²) in [5, 5.41) is 9.95. The smallest absolute Gasteiger partial charge is 0.541 e. The van der Waals surface area contributed by atoms with E-state index in [1.54, 1.807) is 0 Å². The number of aromatic carboxylic acids is 1. The second kappa shape index (κ2) is 4.12. The zero-order valence-corrected chi connectivity index (χ0v) is 8.71. The summed E-state index contributed by atoms with van der Waals surface area (Å²) in [4.78, 5) is 13.6. The first kappa shape index (κ1) is 10.2. The topological polar surface area (TPSA) is 66.2 Å². The number of carboxylic acids is 1. The standard InChI is InChI=1S/C4H2BrNO3.Na/c5-4-6-1-2(9-4)3(7)8;/h1H,(H,7,8);/q;+1/p-1. The van der Waals surface area contributed by atoms with Crippen molar-refractivity contribution in [1.82, 2.24) is 4.98 Å². The second-order valence-electron chi connectivity index (χ2n) is 1.26. The molecule has 0 radical (unpaired) electrons. The van der Waals surface area contributed by atoms with E-state index in [2.05, 4.69) is 25.3 Å². The van der Waals surface area contributed by atoms with Crippen LogP contribution in [0.5, 0.6) is 0 Å². The van der Waals surface area contributed by atoms with Crippen LogP contribution in [-0.4, -0.2) is 11.0 Å². The number of aromatic nitrogens is 1. The third kappa shape index (κ3) is 2.42. The van der Waals surface area contributed by atoms with E-state index in [0.29, 0.717) is 0 Å². The minimum Gasteiger partial charge on any atom is -0.541 e. The van der Waals surface area contributed by atoms with Gasteiger partial charge in [-0.1, -0.05) is 0 Å². The van der Waals surface area contributed by atoms with Crippen LogP contribution in [0.1, 0.15) is 10.6 Å². The zero-order valence-electron chi connectivity index (χ0n) is 5.13. The fraction of sp³-hybridized carbons (Fsp3) is 0. The molecule has 0 spiro atoms. The molecular formula is C4HBrNNaO3. The van der Waals surface area contributed by atoms with Crippen molar-refractivity contribution in [3.8, 4) is 0 Å². The van der Waals surface area contributed by atoms with E-state index in [0.717, 1.165) is 6.20 Å². The second-order valence-corrected chi connectivity index (χ2v) is 1.94. The molecule has 0 N–H and O–H groups in total. The zero-order chi connectivity index (χ0) is 6.85. The number of carboxylic acid groups (broad SMARTS) is 1. The van der Waals surface area contributed by atoms with Crippen LogP contribution in [0.25, 0.3) is 0 Å². The summed E-state index contributed by atoms with van der Waals surface area (Å²) < 4.78 is 4.49. The van der Waals surface area contributed by atoms with Gasteiger partial charge in [0.15, 0.2) is 5.76 Å². The van der Waals surface area contributed by atoms with Crippen molar-refractivity contribution in [2.75, 3.05) is 0 Å². The molecule has 0 atom stereocenters. The van der Waals surface area contributed by atoms with Gasteiger partial charge in [-0.15, -0.1) is 0 Å². The van der Waals surface area contributed by atoms with Crippen LogP contribution in [0.3, 0.4) is 0 Å². The quantitative estimate of drug-likeness (QED) is 0.462. The molecule has 1 heterocycles. The monoisotopic (exact) mass is 213 g/mol. The van der Waals surface area contributed by atoms with Crippen LogP contribution < -0.4 is 34.7 Å². The predicted octanol–water partition coefficient (Wildman–Crippen LogP) is -3.20. The minimum atomic E-state index is -1.37. The van der Waals surface area contributed by atoms with E-state index in [1.165, 1.54) is 0 Å². The number of carbonyl (C=O) groups excluding carboxylic acids is 1. The molecule has 0 bridgehead atoms. The van der Waals surface area contributed by atoms with Crippen molar-refractivity contribution < 1.29 is 43.9 Å². The first-order valence-corrected chi connectivity index (χ1v) is 2.82. The molecule has 0 aliphatic heterocycles. The Labute approximate surface area is 87.0 Å². The van der Waals surface area contributed by atoms with Crippen molar-refractivity contribution in [1.29, 1.82) is 0 Å². The summed E-state index contributed by atoms with van der Waals surface area (Å²) in [6, 6.07) is 0. The van der Waals surface area contributed by atoms with Gasteiger partial charge in [-0.05, 0) is 0 Å². The Morgan fingerprint density at radius 3 is 2.60 bits per heavy atom. The summed E-state index contributed by atoms with van der Waals surface area (Å²) in [6.07, 6.45) is 1.07.